The van der Waals surface area contributed by atoms with Gasteiger partial charge in [-0.2, -0.15) is 0 Å². The molecule has 1 fully saturated rings. The SMILES string of the molecule is CCC(C)c1nc(N2CCN(C)C(C)C2)sc1CNC. The first-order chi connectivity index (χ1) is 9.56. The molecule has 0 spiro atoms. The number of piperazine rings is 1. The van der Waals surface area contributed by atoms with Gasteiger partial charge < -0.3 is 15.1 Å². The first-order valence-corrected chi connectivity index (χ1v) is 8.47. The minimum absolute atomic E-state index is 0.549. The molecule has 0 radical (unpaired) electrons. The summed E-state index contributed by atoms with van der Waals surface area (Å²) in [6.07, 6.45) is 1.15. The minimum Gasteiger partial charge on any atom is -0.345 e. The standard InChI is InChI=1S/C15H28N4S/c1-6-11(2)14-13(9-16-4)20-15(17-14)19-8-7-18(5)12(3)10-19/h11-12,16H,6-10H2,1-5H3. The predicted octanol–water partition coefficient (Wildman–Crippen LogP) is 2.52. The average molecular weight is 296 g/mol. The molecule has 0 bridgehead atoms. The number of hydrogen-bond donors (Lipinski definition) is 1. The predicted molar refractivity (Wildman–Crippen MR) is 87.9 cm³/mol. The van der Waals surface area contributed by atoms with Crippen LogP contribution in [-0.4, -0.2) is 49.7 Å². The van der Waals surface area contributed by atoms with E-state index in [1.807, 2.05) is 18.4 Å². The van der Waals surface area contributed by atoms with Crippen molar-refractivity contribution < 1.29 is 0 Å². The normalized spacial score (nSPS) is 22.2. The zero-order valence-corrected chi connectivity index (χ0v) is 14.3. The van der Waals surface area contributed by atoms with Gasteiger partial charge in [0.1, 0.15) is 0 Å². The zero-order chi connectivity index (χ0) is 14.7. The summed E-state index contributed by atoms with van der Waals surface area (Å²) in [5.41, 5.74) is 1.30. The molecule has 2 rings (SSSR count). The van der Waals surface area contributed by atoms with Crippen LogP contribution in [0.25, 0.3) is 0 Å². The van der Waals surface area contributed by atoms with Crippen molar-refractivity contribution in [2.75, 3.05) is 38.6 Å². The molecule has 1 aliphatic rings. The topological polar surface area (TPSA) is 31.4 Å². The third kappa shape index (κ3) is 3.32. The molecule has 0 saturated carbocycles. The summed E-state index contributed by atoms with van der Waals surface area (Å²) >= 11 is 1.87. The van der Waals surface area contributed by atoms with Crippen molar-refractivity contribution in [2.24, 2.45) is 0 Å². The molecular weight excluding hydrogens is 268 g/mol. The largest absolute Gasteiger partial charge is 0.345 e. The molecule has 1 saturated heterocycles. The van der Waals surface area contributed by atoms with Gasteiger partial charge in [-0.15, -0.1) is 11.3 Å². The average Bonchev–Trinajstić information content (AvgIpc) is 2.85. The van der Waals surface area contributed by atoms with E-state index in [0.29, 0.717) is 12.0 Å². The summed E-state index contributed by atoms with van der Waals surface area (Å²) in [6.45, 7) is 11.1. The van der Waals surface area contributed by atoms with E-state index in [1.54, 1.807) is 0 Å². The molecule has 2 atom stereocenters. The molecule has 0 aromatic carbocycles. The maximum absolute atomic E-state index is 4.97. The number of nitrogens with zero attached hydrogens (tertiary/aromatic N) is 3. The molecule has 2 unspecified atom stereocenters. The molecule has 114 valence electrons. The number of hydrogen-bond acceptors (Lipinski definition) is 5. The Morgan fingerprint density at radius 1 is 1.45 bits per heavy atom. The monoisotopic (exact) mass is 296 g/mol. The maximum Gasteiger partial charge on any atom is 0.185 e. The van der Waals surface area contributed by atoms with Crippen molar-refractivity contribution in [1.82, 2.24) is 15.2 Å². The number of nitrogens with one attached hydrogen (secondary N) is 1. The van der Waals surface area contributed by atoms with Gasteiger partial charge in [-0.1, -0.05) is 13.8 Å². The van der Waals surface area contributed by atoms with Crippen molar-refractivity contribution in [2.45, 2.75) is 45.7 Å². The fraction of sp³-hybridized carbons (Fsp3) is 0.800. The molecule has 1 aromatic heterocycles. The third-order valence-electron chi connectivity index (χ3n) is 4.36. The van der Waals surface area contributed by atoms with Crippen molar-refractivity contribution in [3.8, 4) is 0 Å². The second-order valence-corrected chi connectivity index (χ2v) is 6.98. The first kappa shape index (κ1) is 15.7. The quantitative estimate of drug-likeness (QED) is 0.905. The highest BCUT2D eigenvalue weighted by atomic mass is 32.1. The zero-order valence-electron chi connectivity index (χ0n) is 13.4. The lowest BCUT2D eigenvalue weighted by atomic mass is 10.0. The van der Waals surface area contributed by atoms with Gasteiger partial charge in [0, 0.05) is 37.1 Å². The van der Waals surface area contributed by atoms with E-state index in [0.717, 1.165) is 32.6 Å². The van der Waals surface area contributed by atoms with E-state index in [-0.39, 0.29) is 0 Å². The molecule has 0 amide bonds. The Balaban J connectivity index is 2.19. The van der Waals surface area contributed by atoms with Gasteiger partial charge in [-0.25, -0.2) is 4.98 Å². The molecular formula is C15H28N4S. The lowest BCUT2D eigenvalue weighted by molar-refractivity contribution is 0.234. The van der Waals surface area contributed by atoms with Crippen molar-refractivity contribution in [1.29, 1.82) is 0 Å². The molecule has 20 heavy (non-hydrogen) atoms. The minimum atomic E-state index is 0.549. The van der Waals surface area contributed by atoms with E-state index < -0.39 is 0 Å². The smallest absolute Gasteiger partial charge is 0.185 e. The lowest BCUT2D eigenvalue weighted by Gasteiger charge is -2.37. The van der Waals surface area contributed by atoms with E-state index in [9.17, 15) is 0 Å². The van der Waals surface area contributed by atoms with Crippen LogP contribution in [0.2, 0.25) is 0 Å². The van der Waals surface area contributed by atoms with Crippen LogP contribution in [-0.2, 0) is 6.54 Å². The molecule has 0 aliphatic carbocycles. The van der Waals surface area contributed by atoms with Gasteiger partial charge in [0.2, 0.25) is 0 Å². The lowest BCUT2D eigenvalue weighted by Crippen LogP contribution is -2.50. The Morgan fingerprint density at radius 2 is 2.20 bits per heavy atom. The fourth-order valence-corrected chi connectivity index (χ4v) is 3.80. The van der Waals surface area contributed by atoms with Crippen LogP contribution in [0.4, 0.5) is 5.13 Å². The fourth-order valence-electron chi connectivity index (χ4n) is 2.57. The number of aromatic nitrogens is 1. The van der Waals surface area contributed by atoms with E-state index in [1.165, 1.54) is 15.7 Å². The van der Waals surface area contributed by atoms with Crippen LogP contribution in [0.5, 0.6) is 0 Å². The second kappa shape index (κ2) is 6.87. The Morgan fingerprint density at radius 3 is 2.80 bits per heavy atom. The second-order valence-electron chi connectivity index (χ2n) is 5.92. The van der Waals surface area contributed by atoms with E-state index in [2.05, 4.69) is 42.9 Å². The van der Waals surface area contributed by atoms with Gasteiger partial charge >= 0.3 is 0 Å². The van der Waals surface area contributed by atoms with Gasteiger partial charge in [-0.05, 0) is 33.4 Å². The van der Waals surface area contributed by atoms with Gasteiger partial charge in [0.25, 0.3) is 0 Å². The van der Waals surface area contributed by atoms with E-state index in [4.69, 9.17) is 4.98 Å². The molecule has 1 aliphatic heterocycles. The Hall–Kier alpha value is -0.650. The highest BCUT2D eigenvalue weighted by Crippen LogP contribution is 2.33. The van der Waals surface area contributed by atoms with Crippen molar-refractivity contribution >= 4 is 16.5 Å². The summed E-state index contributed by atoms with van der Waals surface area (Å²) in [4.78, 5) is 11.3. The first-order valence-electron chi connectivity index (χ1n) is 7.66. The van der Waals surface area contributed by atoms with Crippen LogP contribution in [0.15, 0.2) is 0 Å². The Bertz CT molecular complexity index is 432. The van der Waals surface area contributed by atoms with Crippen LogP contribution < -0.4 is 10.2 Å². The number of thiazole rings is 1. The number of anilines is 1. The summed E-state index contributed by atoms with van der Waals surface area (Å²) < 4.78 is 0. The van der Waals surface area contributed by atoms with Gasteiger partial charge in [0.15, 0.2) is 5.13 Å². The molecule has 2 heterocycles. The van der Waals surface area contributed by atoms with Crippen LogP contribution in [0.3, 0.4) is 0 Å². The van der Waals surface area contributed by atoms with Gasteiger partial charge in [-0.3, -0.25) is 0 Å². The van der Waals surface area contributed by atoms with Crippen molar-refractivity contribution in [3.05, 3.63) is 10.6 Å². The molecule has 1 N–H and O–H groups in total. The molecule has 5 heteroatoms. The Labute approximate surface area is 127 Å². The summed E-state index contributed by atoms with van der Waals surface area (Å²) in [5.74, 6) is 0.549. The van der Waals surface area contributed by atoms with Crippen molar-refractivity contribution in [3.63, 3.8) is 0 Å². The van der Waals surface area contributed by atoms with Crippen LogP contribution in [0, 0.1) is 0 Å². The number of likely N-dealkylation sites (N-methyl/N-ethyl adjacent to an activating group) is 1. The summed E-state index contributed by atoms with van der Waals surface area (Å²) in [7, 11) is 4.22. The molecule has 1 aromatic rings. The van der Waals surface area contributed by atoms with Gasteiger partial charge in [0.05, 0.1) is 5.69 Å². The highest BCUT2D eigenvalue weighted by molar-refractivity contribution is 7.15. The Kier molecular flexibility index (Phi) is 5.41. The summed E-state index contributed by atoms with van der Waals surface area (Å²) in [5, 5.41) is 4.49. The maximum atomic E-state index is 4.97. The van der Waals surface area contributed by atoms with Crippen LogP contribution in [0.1, 0.15) is 43.7 Å². The highest BCUT2D eigenvalue weighted by Gasteiger charge is 2.25. The van der Waals surface area contributed by atoms with E-state index >= 15 is 0 Å². The number of rotatable bonds is 5. The van der Waals surface area contributed by atoms with Crippen LogP contribution >= 0.6 is 11.3 Å². The summed E-state index contributed by atoms with van der Waals surface area (Å²) in [6, 6.07) is 0.604. The molecule has 4 nitrogen and oxygen atoms in total. The third-order valence-corrected chi connectivity index (χ3v) is 5.49.